The Hall–Kier alpha value is -1.26. The van der Waals surface area contributed by atoms with Crippen molar-refractivity contribution in [1.29, 1.82) is 0 Å². The fourth-order valence-electron chi connectivity index (χ4n) is 1.79. The van der Waals surface area contributed by atoms with Crippen molar-refractivity contribution in [2.24, 2.45) is 5.92 Å². The van der Waals surface area contributed by atoms with E-state index in [0.717, 1.165) is 25.7 Å². The normalized spacial score (nSPS) is 18.2. The highest BCUT2D eigenvalue weighted by molar-refractivity contribution is 5.82. The predicted octanol–water partition coefficient (Wildman–Crippen LogP) is 1.73. The van der Waals surface area contributed by atoms with Gasteiger partial charge in [-0.05, 0) is 32.1 Å². The van der Waals surface area contributed by atoms with Gasteiger partial charge in [-0.3, -0.25) is 0 Å². The molecule has 0 aromatic heterocycles. The minimum absolute atomic E-state index is 0.135. The van der Waals surface area contributed by atoms with Gasteiger partial charge in [0, 0.05) is 6.04 Å². The number of rotatable bonds is 7. The number of carboxylic acids is 1. The molecule has 1 aliphatic carbocycles. The molecule has 0 spiro atoms. The molecule has 1 fully saturated rings. The number of carboxylic acid groups (broad SMARTS) is 1. The average Bonchev–Trinajstić information content (AvgIpc) is 3.07. The Balaban J connectivity index is 2.31. The molecule has 2 amide bonds. The molecule has 0 aromatic carbocycles. The number of aliphatic carboxylic acids is 1. The monoisotopic (exact) mass is 242 g/mol. The van der Waals surface area contributed by atoms with Crippen molar-refractivity contribution in [1.82, 2.24) is 10.6 Å². The molecule has 1 aliphatic rings. The van der Waals surface area contributed by atoms with Crippen LogP contribution in [-0.4, -0.2) is 29.2 Å². The van der Waals surface area contributed by atoms with Gasteiger partial charge in [0.1, 0.15) is 6.04 Å². The van der Waals surface area contributed by atoms with Gasteiger partial charge in [0.25, 0.3) is 0 Å². The lowest BCUT2D eigenvalue weighted by Gasteiger charge is -2.17. The summed E-state index contributed by atoms with van der Waals surface area (Å²) in [5.41, 5.74) is 0. The van der Waals surface area contributed by atoms with Crippen LogP contribution in [0.2, 0.25) is 0 Å². The van der Waals surface area contributed by atoms with Crippen molar-refractivity contribution >= 4 is 12.0 Å². The van der Waals surface area contributed by atoms with Crippen LogP contribution in [-0.2, 0) is 4.79 Å². The Morgan fingerprint density at radius 2 is 2.00 bits per heavy atom. The number of carbonyl (C=O) groups is 2. The molecule has 1 rings (SSSR count). The molecule has 0 aromatic rings. The van der Waals surface area contributed by atoms with E-state index >= 15 is 0 Å². The van der Waals surface area contributed by atoms with E-state index in [1.165, 1.54) is 0 Å². The van der Waals surface area contributed by atoms with Crippen molar-refractivity contribution in [3.8, 4) is 0 Å². The molecule has 2 atom stereocenters. The van der Waals surface area contributed by atoms with Crippen molar-refractivity contribution in [2.75, 3.05) is 0 Å². The third kappa shape index (κ3) is 5.06. The van der Waals surface area contributed by atoms with Gasteiger partial charge in [0.05, 0.1) is 0 Å². The van der Waals surface area contributed by atoms with Crippen molar-refractivity contribution in [3.63, 3.8) is 0 Å². The molecule has 1 unspecified atom stereocenters. The highest BCUT2D eigenvalue weighted by Gasteiger charge is 2.29. The fourth-order valence-corrected chi connectivity index (χ4v) is 1.79. The Bertz CT molecular complexity index is 277. The molecule has 1 saturated carbocycles. The summed E-state index contributed by atoms with van der Waals surface area (Å²) >= 11 is 0. The van der Waals surface area contributed by atoms with Gasteiger partial charge < -0.3 is 15.7 Å². The number of urea groups is 1. The van der Waals surface area contributed by atoms with Gasteiger partial charge in [-0.2, -0.15) is 0 Å². The van der Waals surface area contributed by atoms with Crippen molar-refractivity contribution < 1.29 is 14.7 Å². The standard InChI is InChI=1S/C12H22N2O3/c1-3-4-5-10(11(15)16)14-12(17)13-8(2)9-6-7-9/h8-10H,3-7H2,1-2H3,(H,15,16)(H2,13,14,17)/t8?,10-/m0/s1. The lowest BCUT2D eigenvalue weighted by Crippen LogP contribution is -2.48. The third-order valence-electron chi connectivity index (χ3n) is 3.14. The minimum atomic E-state index is -0.965. The lowest BCUT2D eigenvalue weighted by atomic mass is 10.1. The summed E-state index contributed by atoms with van der Waals surface area (Å²) in [6, 6.07) is -1.01. The first-order chi connectivity index (χ1) is 8.04. The van der Waals surface area contributed by atoms with E-state index in [9.17, 15) is 9.59 Å². The summed E-state index contributed by atoms with van der Waals surface area (Å²) in [5.74, 6) is -0.396. The van der Waals surface area contributed by atoms with Crippen LogP contribution < -0.4 is 10.6 Å². The van der Waals surface area contributed by atoms with Crippen LogP contribution in [0.5, 0.6) is 0 Å². The molecule has 0 heterocycles. The van der Waals surface area contributed by atoms with Crippen LogP contribution in [0.1, 0.15) is 46.0 Å². The maximum atomic E-state index is 11.6. The van der Waals surface area contributed by atoms with Crippen LogP contribution in [0.4, 0.5) is 4.79 Å². The fraction of sp³-hybridized carbons (Fsp3) is 0.833. The van der Waals surface area contributed by atoms with Crippen LogP contribution in [0.25, 0.3) is 0 Å². The van der Waals surface area contributed by atoms with Crippen LogP contribution in [0, 0.1) is 5.92 Å². The van der Waals surface area contributed by atoms with E-state index in [4.69, 9.17) is 5.11 Å². The Labute approximate surface area is 102 Å². The van der Waals surface area contributed by atoms with Crippen LogP contribution >= 0.6 is 0 Å². The molecule has 3 N–H and O–H groups in total. The summed E-state index contributed by atoms with van der Waals surface area (Å²) < 4.78 is 0. The zero-order valence-electron chi connectivity index (χ0n) is 10.5. The highest BCUT2D eigenvalue weighted by Crippen LogP contribution is 2.32. The zero-order valence-corrected chi connectivity index (χ0v) is 10.5. The average molecular weight is 242 g/mol. The van der Waals surface area contributed by atoms with Crippen molar-refractivity contribution in [2.45, 2.75) is 58.0 Å². The zero-order chi connectivity index (χ0) is 12.8. The van der Waals surface area contributed by atoms with E-state index in [1.54, 1.807) is 0 Å². The summed E-state index contributed by atoms with van der Waals surface area (Å²) in [6.45, 7) is 3.95. The van der Waals surface area contributed by atoms with E-state index in [0.29, 0.717) is 12.3 Å². The minimum Gasteiger partial charge on any atom is -0.480 e. The van der Waals surface area contributed by atoms with Gasteiger partial charge in [0.15, 0.2) is 0 Å². The molecular formula is C12H22N2O3. The molecule has 5 nitrogen and oxygen atoms in total. The largest absolute Gasteiger partial charge is 0.480 e. The predicted molar refractivity (Wildman–Crippen MR) is 64.8 cm³/mol. The molecule has 0 radical (unpaired) electrons. The Morgan fingerprint density at radius 1 is 1.35 bits per heavy atom. The third-order valence-corrected chi connectivity index (χ3v) is 3.14. The first kappa shape index (κ1) is 13.8. The number of amides is 2. The summed E-state index contributed by atoms with van der Waals surface area (Å²) in [5, 5.41) is 14.3. The highest BCUT2D eigenvalue weighted by atomic mass is 16.4. The second-order valence-electron chi connectivity index (χ2n) is 4.78. The molecule has 17 heavy (non-hydrogen) atoms. The molecule has 0 saturated heterocycles. The number of hydrogen-bond donors (Lipinski definition) is 3. The van der Waals surface area contributed by atoms with Gasteiger partial charge >= 0.3 is 12.0 Å². The maximum absolute atomic E-state index is 11.6. The molecule has 0 aliphatic heterocycles. The topological polar surface area (TPSA) is 78.4 Å². The van der Waals surface area contributed by atoms with Crippen molar-refractivity contribution in [3.05, 3.63) is 0 Å². The van der Waals surface area contributed by atoms with Crippen LogP contribution in [0.15, 0.2) is 0 Å². The second-order valence-corrected chi connectivity index (χ2v) is 4.78. The number of nitrogens with one attached hydrogen (secondary N) is 2. The van der Waals surface area contributed by atoms with Gasteiger partial charge in [0.2, 0.25) is 0 Å². The van der Waals surface area contributed by atoms with Crippen LogP contribution in [0.3, 0.4) is 0 Å². The Kier molecular flexibility index (Phi) is 5.25. The van der Waals surface area contributed by atoms with Gasteiger partial charge in [-0.1, -0.05) is 19.8 Å². The quantitative estimate of drug-likeness (QED) is 0.636. The van der Waals surface area contributed by atoms with E-state index in [-0.39, 0.29) is 12.1 Å². The number of hydrogen-bond acceptors (Lipinski definition) is 2. The maximum Gasteiger partial charge on any atom is 0.326 e. The molecule has 0 bridgehead atoms. The number of unbranched alkanes of at least 4 members (excludes halogenated alkanes) is 1. The molecule has 5 heteroatoms. The first-order valence-corrected chi connectivity index (χ1v) is 6.34. The van der Waals surface area contributed by atoms with E-state index in [1.807, 2.05) is 13.8 Å². The van der Waals surface area contributed by atoms with E-state index < -0.39 is 12.0 Å². The smallest absolute Gasteiger partial charge is 0.326 e. The summed E-state index contributed by atoms with van der Waals surface area (Å²) in [4.78, 5) is 22.5. The summed E-state index contributed by atoms with van der Waals surface area (Å²) in [6.07, 6.45) is 4.51. The lowest BCUT2D eigenvalue weighted by molar-refractivity contribution is -0.139. The van der Waals surface area contributed by atoms with E-state index in [2.05, 4.69) is 10.6 Å². The molecule has 98 valence electrons. The molecular weight excluding hydrogens is 220 g/mol. The second kappa shape index (κ2) is 6.47. The SMILES string of the molecule is CCCC[C@H](NC(=O)NC(C)C1CC1)C(=O)O. The number of carbonyl (C=O) groups excluding carboxylic acids is 1. The Morgan fingerprint density at radius 3 is 2.47 bits per heavy atom. The first-order valence-electron chi connectivity index (χ1n) is 6.34. The van der Waals surface area contributed by atoms with Gasteiger partial charge in [-0.25, -0.2) is 9.59 Å². The summed E-state index contributed by atoms with van der Waals surface area (Å²) in [7, 11) is 0. The van der Waals surface area contributed by atoms with Gasteiger partial charge in [-0.15, -0.1) is 0 Å².